The van der Waals surface area contributed by atoms with Crippen molar-refractivity contribution in [3.63, 3.8) is 0 Å². The molecule has 0 amide bonds. The zero-order valence-electron chi connectivity index (χ0n) is 10.9. The zero-order chi connectivity index (χ0) is 13.0. The van der Waals surface area contributed by atoms with Gasteiger partial charge in [-0.1, -0.05) is 12.1 Å². The van der Waals surface area contributed by atoms with E-state index < -0.39 is 0 Å². The molecule has 1 aliphatic heterocycles. The van der Waals surface area contributed by atoms with Gasteiger partial charge in [0.05, 0.1) is 0 Å². The molecule has 0 bridgehead atoms. The molecule has 18 heavy (non-hydrogen) atoms. The molecule has 0 unspecified atom stereocenters. The van der Waals surface area contributed by atoms with Crippen molar-refractivity contribution in [3.8, 4) is 0 Å². The van der Waals surface area contributed by atoms with Crippen LogP contribution in [0.3, 0.4) is 0 Å². The molecule has 1 aromatic carbocycles. The smallest absolute Gasteiger partial charge is 0.123 e. The minimum atomic E-state index is -0.194. The van der Waals surface area contributed by atoms with Crippen molar-refractivity contribution in [2.45, 2.75) is 24.9 Å². The number of hydrogen-bond acceptors (Lipinski definition) is 3. The third-order valence-corrected chi connectivity index (χ3v) is 3.95. The van der Waals surface area contributed by atoms with E-state index >= 15 is 0 Å². The van der Waals surface area contributed by atoms with E-state index in [0.717, 1.165) is 38.2 Å². The third-order valence-electron chi connectivity index (χ3n) is 3.95. The molecule has 2 N–H and O–H groups in total. The van der Waals surface area contributed by atoms with Gasteiger partial charge in [0, 0.05) is 31.8 Å². The van der Waals surface area contributed by atoms with Crippen LogP contribution < -0.4 is 5.73 Å². The Morgan fingerprint density at radius 1 is 1.28 bits per heavy atom. The highest BCUT2D eigenvalue weighted by Gasteiger charge is 2.35. The summed E-state index contributed by atoms with van der Waals surface area (Å²) in [6.45, 7) is 2.96. The molecule has 1 aromatic rings. The second-order valence-corrected chi connectivity index (χ2v) is 5.02. The first-order chi connectivity index (χ1) is 8.66. The lowest BCUT2D eigenvalue weighted by Gasteiger charge is -2.44. The van der Waals surface area contributed by atoms with Gasteiger partial charge in [-0.25, -0.2) is 4.39 Å². The molecule has 0 spiro atoms. The van der Waals surface area contributed by atoms with Gasteiger partial charge in [0.2, 0.25) is 0 Å². The van der Waals surface area contributed by atoms with Crippen LogP contribution in [-0.4, -0.2) is 37.2 Å². The van der Waals surface area contributed by atoms with Gasteiger partial charge in [-0.2, -0.15) is 0 Å². The van der Waals surface area contributed by atoms with E-state index in [1.807, 2.05) is 12.1 Å². The first-order valence-electron chi connectivity index (χ1n) is 6.40. The molecule has 0 radical (unpaired) electrons. The van der Waals surface area contributed by atoms with E-state index in [0.29, 0.717) is 6.54 Å². The van der Waals surface area contributed by atoms with E-state index in [9.17, 15) is 4.39 Å². The summed E-state index contributed by atoms with van der Waals surface area (Å²) >= 11 is 0. The topological polar surface area (TPSA) is 38.5 Å². The summed E-state index contributed by atoms with van der Waals surface area (Å²) in [5.74, 6) is -0.194. The minimum absolute atomic E-state index is 0.0205. The number of hydrogen-bond donors (Lipinski definition) is 1. The van der Waals surface area contributed by atoms with Crippen LogP contribution in [0.25, 0.3) is 0 Å². The normalized spacial score (nSPS) is 19.1. The van der Waals surface area contributed by atoms with Crippen LogP contribution in [-0.2, 0) is 11.3 Å². The molecule has 4 heteroatoms. The van der Waals surface area contributed by atoms with Crippen LogP contribution in [0.4, 0.5) is 4.39 Å². The Morgan fingerprint density at radius 2 is 1.89 bits per heavy atom. The Kier molecular flexibility index (Phi) is 4.32. The number of ether oxygens (including phenoxy) is 1. The Hall–Kier alpha value is -0.970. The summed E-state index contributed by atoms with van der Waals surface area (Å²) in [6, 6.07) is 6.66. The fraction of sp³-hybridized carbons (Fsp3) is 0.571. The molecular formula is C14H21FN2O. The SMILES string of the molecule is CN(Cc1ccc(F)cc1)C1(CN)CCOCC1. The molecule has 1 fully saturated rings. The highest BCUT2D eigenvalue weighted by Crippen LogP contribution is 2.27. The first kappa shape index (κ1) is 13.5. The number of nitrogens with zero attached hydrogens (tertiary/aromatic N) is 1. The van der Waals surface area contributed by atoms with Crippen molar-refractivity contribution in [2.24, 2.45) is 5.73 Å². The molecule has 1 aliphatic rings. The quantitative estimate of drug-likeness (QED) is 0.887. The molecule has 0 atom stereocenters. The fourth-order valence-electron chi connectivity index (χ4n) is 2.52. The summed E-state index contributed by atoms with van der Waals surface area (Å²) < 4.78 is 18.3. The highest BCUT2D eigenvalue weighted by molar-refractivity contribution is 5.16. The number of rotatable bonds is 4. The van der Waals surface area contributed by atoms with Gasteiger partial charge in [-0.3, -0.25) is 4.90 Å². The number of nitrogens with two attached hydrogens (primary N) is 1. The molecule has 1 saturated heterocycles. The average molecular weight is 252 g/mol. The summed E-state index contributed by atoms with van der Waals surface area (Å²) in [5.41, 5.74) is 7.09. The van der Waals surface area contributed by atoms with Crippen LogP contribution >= 0.6 is 0 Å². The van der Waals surface area contributed by atoms with Gasteiger partial charge >= 0.3 is 0 Å². The minimum Gasteiger partial charge on any atom is -0.381 e. The highest BCUT2D eigenvalue weighted by atomic mass is 19.1. The van der Waals surface area contributed by atoms with Crippen molar-refractivity contribution in [3.05, 3.63) is 35.6 Å². The molecule has 2 rings (SSSR count). The summed E-state index contributed by atoms with van der Waals surface area (Å²) in [4.78, 5) is 2.28. The Bertz CT molecular complexity index is 374. The molecule has 0 aliphatic carbocycles. The molecule has 0 saturated carbocycles. The largest absolute Gasteiger partial charge is 0.381 e. The predicted molar refractivity (Wildman–Crippen MR) is 69.7 cm³/mol. The molecular weight excluding hydrogens is 231 g/mol. The van der Waals surface area contributed by atoms with Crippen molar-refractivity contribution in [1.82, 2.24) is 4.90 Å². The number of benzene rings is 1. The maximum atomic E-state index is 12.9. The van der Waals surface area contributed by atoms with Gasteiger partial charge in [0.15, 0.2) is 0 Å². The first-order valence-corrected chi connectivity index (χ1v) is 6.40. The summed E-state index contributed by atoms with van der Waals surface area (Å²) in [5, 5.41) is 0. The van der Waals surface area contributed by atoms with Crippen molar-refractivity contribution < 1.29 is 9.13 Å². The van der Waals surface area contributed by atoms with Gasteiger partial charge in [0.25, 0.3) is 0 Å². The molecule has 100 valence electrons. The summed E-state index contributed by atoms with van der Waals surface area (Å²) in [6.07, 6.45) is 1.92. The van der Waals surface area contributed by atoms with E-state index in [-0.39, 0.29) is 11.4 Å². The van der Waals surface area contributed by atoms with Crippen LogP contribution in [0.5, 0.6) is 0 Å². The molecule has 3 nitrogen and oxygen atoms in total. The standard InChI is InChI=1S/C14H21FN2O/c1-17(10-12-2-4-13(15)5-3-12)14(11-16)6-8-18-9-7-14/h2-5H,6-11,16H2,1H3. The van der Waals surface area contributed by atoms with Crippen molar-refractivity contribution in [1.29, 1.82) is 0 Å². The average Bonchev–Trinajstić information content (AvgIpc) is 2.42. The second kappa shape index (κ2) is 5.78. The van der Waals surface area contributed by atoms with E-state index in [1.165, 1.54) is 12.1 Å². The van der Waals surface area contributed by atoms with Crippen LogP contribution in [0.1, 0.15) is 18.4 Å². The van der Waals surface area contributed by atoms with Crippen LogP contribution in [0, 0.1) is 5.82 Å². The predicted octanol–water partition coefficient (Wildman–Crippen LogP) is 1.77. The summed E-state index contributed by atoms with van der Waals surface area (Å²) in [7, 11) is 2.08. The van der Waals surface area contributed by atoms with Gasteiger partial charge in [-0.15, -0.1) is 0 Å². The molecule has 0 aromatic heterocycles. The van der Waals surface area contributed by atoms with Gasteiger partial charge in [-0.05, 0) is 37.6 Å². The van der Waals surface area contributed by atoms with Gasteiger partial charge < -0.3 is 10.5 Å². The fourth-order valence-corrected chi connectivity index (χ4v) is 2.52. The van der Waals surface area contributed by atoms with E-state index in [1.54, 1.807) is 0 Å². The lowest BCUT2D eigenvalue weighted by atomic mass is 9.88. The van der Waals surface area contributed by atoms with Crippen molar-refractivity contribution in [2.75, 3.05) is 26.8 Å². The monoisotopic (exact) mass is 252 g/mol. The van der Waals surface area contributed by atoms with Crippen LogP contribution in [0.2, 0.25) is 0 Å². The van der Waals surface area contributed by atoms with E-state index in [4.69, 9.17) is 10.5 Å². The Morgan fingerprint density at radius 3 is 2.44 bits per heavy atom. The third kappa shape index (κ3) is 2.88. The van der Waals surface area contributed by atoms with E-state index in [2.05, 4.69) is 11.9 Å². The Labute approximate surface area is 108 Å². The number of likely N-dealkylation sites (N-methyl/N-ethyl adjacent to an activating group) is 1. The number of halogens is 1. The maximum Gasteiger partial charge on any atom is 0.123 e. The second-order valence-electron chi connectivity index (χ2n) is 5.02. The lowest BCUT2D eigenvalue weighted by molar-refractivity contribution is -0.0163. The molecule has 1 heterocycles. The Balaban J connectivity index is 2.05. The van der Waals surface area contributed by atoms with Crippen LogP contribution in [0.15, 0.2) is 24.3 Å². The maximum absolute atomic E-state index is 12.9. The van der Waals surface area contributed by atoms with Gasteiger partial charge in [0.1, 0.15) is 5.82 Å². The lowest BCUT2D eigenvalue weighted by Crippen LogP contribution is -2.54. The van der Waals surface area contributed by atoms with Crippen molar-refractivity contribution >= 4 is 0 Å². The zero-order valence-corrected chi connectivity index (χ0v) is 10.9.